The fraction of sp³-hybridized carbons (Fsp3) is 0.455. The second-order valence-corrected chi connectivity index (χ2v) is 5.58. The summed E-state index contributed by atoms with van der Waals surface area (Å²) in [7, 11) is 0. The Bertz CT molecular complexity index is 426. The topological polar surface area (TPSA) is 62.0 Å². The first-order valence-electron chi connectivity index (χ1n) is 4.97. The van der Waals surface area contributed by atoms with E-state index in [0.717, 1.165) is 0 Å². The Hall–Kier alpha value is -1.23. The van der Waals surface area contributed by atoms with Gasteiger partial charge in [0.25, 0.3) is 5.91 Å². The third-order valence-corrected chi connectivity index (χ3v) is 3.55. The minimum Gasteiger partial charge on any atom is -0.367 e. The summed E-state index contributed by atoms with van der Waals surface area (Å²) in [6.07, 6.45) is 4.91. The molecule has 0 fully saturated rings. The molecule has 1 amide bonds. The van der Waals surface area contributed by atoms with Gasteiger partial charge in [-0.3, -0.25) is 9.59 Å². The van der Waals surface area contributed by atoms with E-state index in [9.17, 15) is 9.59 Å². The highest BCUT2D eigenvalue weighted by molar-refractivity contribution is 7.99. The Morgan fingerprint density at radius 2 is 2.25 bits per heavy atom. The van der Waals surface area contributed by atoms with E-state index in [1.54, 1.807) is 11.8 Å². The van der Waals surface area contributed by atoms with Crippen molar-refractivity contribution in [3.63, 3.8) is 0 Å². The van der Waals surface area contributed by atoms with Crippen molar-refractivity contribution in [1.29, 1.82) is 0 Å². The van der Waals surface area contributed by atoms with E-state index in [1.165, 1.54) is 18.5 Å². The van der Waals surface area contributed by atoms with Gasteiger partial charge in [0.15, 0.2) is 5.43 Å². The molecule has 0 saturated heterocycles. The molecule has 2 N–H and O–H groups in total. The van der Waals surface area contributed by atoms with Gasteiger partial charge in [-0.25, -0.2) is 0 Å². The van der Waals surface area contributed by atoms with E-state index in [0.29, 0.717) is 6.54 Å². The fourth-order valence-corrected chi connectivity index (χ4v) is 1.27. The molecule has 16 heavy (non-hydrogen) atoms. The quantitative estimate of drug-likeness (QED) is 0.832. The molecule has 0 aromatic carbocycles. The highest BCUT2D eigenvalue weighted by Gasteiger charge is 2.18. The molecule has 0 aliphatic rings. The van der Waals surface area contributed by atoms with Crippen LogP contribution in [-0.4, -0.2) is 28.4 Å². The molecule has 0 atom stereocenters. The number of aromatic amines is 1. The third kappa shape index (κ3) is 3.41. The molecule has 0 aliphatic carbocycles. The number of carbonyl (C=O) groups excluding carboxylic acids is 1. The minimum absolute atomic E-state index is 0.0306. The zero-order valence-corrected chi connectivity index (χ0v) is 10.5. The Kier molecular flexibility index (Phi) is 4.18. The average Bonchev–Trinajstić information content (AvgIpc) is 2.27. The molecule has 1 heterocycles. The number of hydrogen-bond donors (Lipinski definition) is 2. The van der Waals surface area contributed by atoms with Gasteiger partial charge in [-0.2, -0.15) is 11.8 Å². The Morgan fingerprint density at radius 1 is 1.56 bits per heavy atom. The first-order chi connectivity index (χ1) is 7.46. The maximum absolute atomic E-state index is 11.7. The molecule has 1 aromatic heterocycles. The summed E-state index contributed by atoms with van der Waals surface area (Å²) in [5.74, 6) is -0.330. The van der Waals surface area contributed by atoms with Gasteiger partial charge in [-0.1, -0.05) is 0 Å². The van der Waals surface area contributed by atoms with Crippen molar-refractivity contribution in [2.24, 2.45) is 0 Å². The van der Waals surface area contributed by atoms with Crippen molar-refractivity contribution < 1.29 is 4.79 Å². The number of nitrogens with one attached hydrogen (secondary N) is 2. The monoisotopic (exact) mass is 240 g/mol. The highest BCUT2D eigenvalue weighted by Crippen LogP contribution is 2.19. The molecule has 0 aliphatic heterocycles. The van der Waals surface area contributed by atoms with E-state index in [1.807, 2.05) is 20.1 Å². The molecular weight excluding hydrogens is 224 g/mol. The first-order valence-corrected chi connectivity index (χ1v) is 6.19. The lowest BCUT2D eigenvalue weighted by atomic mass is 10.2. The van der Waals surface area contributed by atoms with Gasteiger partial charge in [0, 0.05) is 29.8 Å². The maximum atomic E-state index is 11.7. The van der Waals surface area contributed by atoms with Crippen LogP contribution in [0.1, 0.15) is 24.2 Å². The minimum atomic E-state index is -0.330. The van der Waals surface area contributed by atoms with Crippen molar-refractivity contribution in [2.75, 3.05) is 12.8 Å². The summed E-state index contributed by atoms with van der Waals surface area (Å²) in [6.45, 7) is 4.60. The average molecular weight is 240 g/mol. The highest BCUT2D eigenvalue weighted by atomic mass is 32.2. The number of rotatable bonds is 4. The van der Waals surface area contributed by atoms with Crippen molar-refractivity contribution in [3.05, 3.63) is 34.2 Å². The molecular formula is C11H16N2O2S. The van der Waals surface area contributed by atoms with E-state index in [2.05, 4.69) is 10.3 Å². The third-order valence-electron chi connectivity index (χ3n) is 2.30. The number of aromatic nitrogens is 1. The van der Waals surface area contributed by atoms with Crippen molar-refractivity contribution >= 4 is 17.7 Å². The van der Waals surface area contributed by atoms with E-state index >= 15 is 0 Å². The lowest BCUT2D eigenvalue weighted by molar-refractivity contribution is 0.0949. The van der Waals surface area contributed by atoms with Crippen molar-refractivity contribution in [3.8, 4) is 0 Å². The van der Waals surface area contributed by atoms with Crippen LogP contribution in [0.3, 0.4) is 0 Å². The predicted molar refractivity (Wildman–Crippen MR) is 67.0 cm³/mol. The number of amides is 1. The Labute approximate surface area is 98.8 Å². The zero-order valence-electron chi connectivity index (χ0n) is 9.66. The van der Waals surface area contributed by atoms with Crippen LogP contribution < -0.4 is 10.7 Å². The second-order valence-electron chi connectivity index (χ2n) is 4.07. The smallest absolute Gasteiger partial charge is 0.256 e. The molecule has 0 radical (unpaired) electrons. The van der Waals surface area contributed by atoms with Crippen LogP contribution in [0.25, 0.3) is 0 Å². The van der Waals surface area contributed by atoms with Gasteiger partial charge in [-0.15, -0.1) is 0 Å². The predicted octanol–water partition coefficient (Wildman–Crippen LogP) is 1.25. The summed E-state index contributed by atoms with van der Waals surface area (Å²) < 4.78 is -0.0306. The van der Waals surface area contributed by atoms with Crippen LogP contribution in [0.4, 0.5) is 0 Å². The number of pyridine rings is 1. The second kappa shape index (κ2) is 5.21. The van der Waals surface area contributed by atoms with Gasteiger partial charge in [0.2, 0.25) is 0 Å². The molecule has 0 spiro atoms. The van der Waals surface area contributed by atoms with Gasteiger partial charge >= 0.3 is 0 Å². The molecule has 4 nitrogen and oxygen atoms in total. The van der Waals surface area contributed by atoms with Crippen LogP contribution in [-0.2, 0) is 0 Å². The Morgan fingerprint density at radius 3 is 2.81 bits per heavy atom. The van der Waals surface area contributed by atoms with Crippen molar-refractivity contribution in [1.82, 2.24) is 10.3 Å². The zero-order chi connectivity index (χ0) is 12.2. The van der Waals surface area contributed by atoms with E-state index in [4.69, 9.17) is 0 Å². The number of H-pyrrole nitrogens is 1. The standard InChI is InChI=1S/C11H16N2O2S/c1-11(2,16-3)7-13-10(15)8-6-12-5-4-9(8)14/h4-6H,7H2,1-3H3,(H,12,14)(H,13,15). The number of hydrogen-bond acceptors (Lipinski definition) is 3. The molecule has 0 unspecified atom stereocenters. The van der Waals surface area contributed by atoms with Crippen LogP contribution in [0.2, 0.25) is 0 Å². The molecule has 1 aromatic rings. The van der Waals surface area contributed by atoms with Crippen molar-refractivity contribution in [2.45, 2.75) is 18.6 Å². The normalized spacial score (nSPS) is 11.2. The summed E-state index contributed by atoms with van der Waals surface area (Å²) in [4.78, 5) is 25.8. The summed E-state index contributed by atoms with van der Waals surface area (Å²) in [6, 6.07) is 1.34. The van der Waals surface area contributed by atoms with Crippen LogP contribution in [0.5, 0.6) is 0 Å². The fourth-order valence-electron chi connectivity index (χ4n) is 1.05. The summed E-state index contributed by atoms with van der Waals surface area (Å²) in [5, 5.41) is 2.75. The van der Waals surface area contributed by atoms with E-state index < -0.39 is 0 Å². The largest absolute Gasteiger partial charge is 0.367 e. The van der Waals surface area contributed by atoms with Crippen LogP contribution >= 0.6 is 11.8 Å². The molecule has 5 heteroatoms. The molecule has 88 valence electrons. The number of carbonyl (C=O) groups is 1. The molecule has 0 saturated carbocycles. The lowest BCUT2D eigenvalue weighted by Crippen LogP contribution is -2.37. The van der Waals surface area contributed by atoms with Gasteiger partial charge in [0.05, 0.1) is 0 Å². The molecule has 0 bridgehead atoms. The SMILES string of the molecule is CSC(C)(C)CNC(=O)c1c[nH]ccc1=O. The Balaban J connectivity index is 2.68. The lowest BCUT2D eigenvalue weighted by Gasteiger charge is -2.21. The van der Waals surface area contributed by atoms with E-state index in [-0.39, 0.29) is 21.6 Å². The van der Waals surface area contributed by atoms with Gasteiger partial charge in [0.1, 0.15) is 5.56 Å². The summed E-state index contributed by atoms with van der Waals surface area (Å²) >= 11 is 1.67. The van der Waals surface area contributed by atoms with Crippen LogP contribution in [0, 0.1) is 0 Å². The molecule has 1 rings (SSSR count). The first kappa shape index (κ1) is 12.8. The summed E-state index contributed by atoms with van der Waals surface area (Å²) in [5.41, 5.74) is -0.113. The number of thioether (sulfide) groups is 1. The van der Waals surface area contributed by atoms with Crippen LogP contribution in [0.15, 0.2) is 23.3 Å². The van der Waals surface area contributed by atoms with Gasteiger partial charge in [-0.05, 0) is 20.1 Å². The van der Waals surface area contributed by atoms with Gasteiger partial charge < -0.3 is 10.3 Å². The maximum Gasteiger partial charge on any atom is 0.256 e.